The average Bonchev–Trinajstić information content (AvgIpc) is 2.43. The molecule has 0 aromatic heterocycles. The van der Waals surface area contributed by atoms with E-state index in [-0.39, 0.29) is 0 Å². The van der Waals surface area contributed by atoms with Gasteiger partial charge in [-0.15, -0.1) is 0 Å². The quantitative estimate of drug-likeness (QED) is 0.824. The van der Waals surface area contributed by atoms with Crippen LogP contribution in [0.25, 0.3) is 0 Å². The van der Waals surface area contributed by atoms with Crippen LogP contribution in [0.4, 0.5) is 0 Å². The van der Waals surface area contributed by atoms with Gasteiger partial charge in [0.15, 0.2) is 0 Å². The van der Waals surface area contributed by atoms with Crippen LogP contribution >= 0.6 is 0 Å². The molecule has 0 radical (unpaired) electrons. The summed E-state index contributed by atoms with van der Waals surface area (Å²) in [6.45, 7) is 12.4. The van der Waals surface area contributed by atoms with Crippen LogP contribution in [0.2, 0.25) is 0 Å². The molecule has 0 bridgehead atoms. The summed E-state index contributed by atoms with van der Waals surface area (Å²) in [7, 11) is 2.13. The second kappa shape index (κ2) is 7.26. The molecule has 2 nitrogen and oxygen atoms in total. The average molecular weight is 280 g/mol. The van der Waals surface area contributed by atoms with Gasteiger partial charge in [-0.1, -0.05) is 33.6 Å². The first-order valence-corrected chi connectivity index (χ1v) is 8.91. The maximum absolute atomic E-state index is 3.48. The predicted molar refractivity (Wildman–Crippen MR) is 88.0 cm³/mol. The summed E-state index contributed by atoms with van der Waals surface area (Å²) in [5, 5.41) is 3.48. The first-order valence-electron chi connectivity index (χ1n) is 8.91. The Balaban J connectivity index is 1.86. The van der Waals surface area contributed by atoms with Gasteiger partial charge in [0.2, 0.25) is 0 Å². The molecule has 2 rings (SSSR count). The minimum absolute atomic E-state index is 0.561. The molecule has 20 heavy (non-hydrogen) atoms. The van der Waals surface area contributed by atoms with Gasteiger partial charge in [-0.05, 0) is 69.0 Å². The van der Waals surface area contributed by atoms with Crippen LogP contribution in [0.3, 0.4) is 0 Å². The zero-order valence-electron chi connectivity index (χ0n) is 14.3. The molecule has 0 unspecified atom stereocenters. The SMILES string of the molecule is CNCC1(CN2CCC(C(C)C)CC2)CCC(C)CC1. The highest BCUT2D eigenvalue weighted by atomic mass is 15.1. The normalized spacial score (nSPS) is 33.8. The smallest absolute Gasteiger partial charge is 0.00501 e. The van der Waals surface area contributed by atoms with Gasteiger partial charge in [-0.25, -0.2) is 0 Å². The van der Waals surface area contributed by atoms with Crippen molar-refractivity contribution in [3.8, 4) is 0 Å². The van der Waals surface area contributed by atoms with Crippen molar-refractivity contribution >= 4 is 0 Å². The Bertz CT molecular complexity index is 271. The third kappa shape index (κ3) is 4.21. The molecule has 2 aliphatic rings. The van der Waals surface area contributed by atoms with E-state index < -0.39 is 0 Å². The molecular weight excluding hydrogens is 244 g/mol. The van der Waals surface area contributed by atoms with E-state index in [9.17, 15) is 0 Å². The van der Waals surface area contributed by atoms with E-state index in [0.29, 0.717) is 5.41 Å². The van der Waals surface area contributed by atoms with E-state index in [2.05, 4.69) is 38.0 Å². The van der Waals surface area contributed by atoms with Gasteiger partial charge in [0, 0.05) is 13.1 Å². The molecule has 0 aromatic carbocycles. The number of nitrogens with one attached hydrogen (secondary N) is 1. The number of rotatable bonds is 5. The second-order valence-electron chi connectivity index (χ2n) is 8.07. The molecule has 1 saturated carbocycles. The Kier molecular flexibility index (Phi) is 5.92. The molecule has 0 amide bonds. The fourth-order valence-corrected chi connectivity index (χ4v) is 4.39. The van der Waals surface area contributed by atoms with Gasteiger partial charge in [0.05, 0.1) is 0 Å². The first-order chi connectivity index (χ1) is 9.54. The Morgan fingerprint density at radius 2 is 1.70 bits per heavy atom. The highest BCUT2D eigenvalue weighted by Crippen LogP contribution is 2.40. The molecule has 1 aliphatic carbocycles. The van der Waals surface area contributed by atoms with Crippen LogP contribution in [-0.2, 0) is 0 Å². The highest BCUT2D eigenvalue weighted by Gasteiger charge is 2.36. The topological polar surface area (TPSA) is 15.3 Å². The first kappa shape index (κ1) is 16.3. The molecule has 1 heterocycles. The Labute approximate surface area is 126 Å². The summed E-state index contributed by atoms with van der Waals surface area (Å²) < 4.78 is 0. The number of hydrogen-bond acceptors (Lipinski definition) is 2. The van der Waals surface area contributed by atoms with Crippen molar-refractivity contribution in [2.24, 2.45) is 23.2 Å². The molecule has 0 aromatic rings. The summed E-state index contributed by atoms with van der Waals surface area (Å²) in [4.78, 5) is 2.77. The zero-order valence-corrected chi connectivity index (χ0v) is 14.3. The minimum atomic E-state index is 0.561. The molecule has 1 aliphatic heterocycles. The third-order valence-corrected chi connectivity index (χ3v) is 6.02. The van der Waals surface area contributed by atoms with Crippen molar-refractivity contribution in [2.45, 2.75) is 59.3 Å². The van der Waals surface area contributed by atoms with Crippen molar-refractivity contribution in [3.63, 3.8) is 0 Å². The van der Waals surface area contributed by atoms with Crippen LogP contribution in [0.1, 0.15) is 59.3 Å². The van der Waals surface area contributed by atoms with E-state index in [0.717, 1.165) is 17.8 Å². The van der Waals surface area contributed by atoms with Crippen LogP contribution in [0.5, 0.6) is 0 Å². The van der Waals surface area contributed by atoms with Crippen LogP contribution in [0, 0.1) is 23.2 Å². The van der Waals surface area contributed by atoms with E-state index >= 15 is 0 Å². The van der Waals surface area contributed by atoms with Gasteiger partial charge in [-0.2, -0.15) is 0 Å². The summed E-state index contributed by atoms with van der Waals surface area (Å²) in [5.74, 6) is 2.79. The molecular formula is C18H36N2. The zero-order chi connectivity index (χ0) is 14.6. The lowest BCUT2D eigenvalue weighted by atomic mass is 9.70. The summed E-state index contributed by atoms with van der Waals surface area (Å²) in [6, 6.07) is 0. The monoisotopic (exact) mass is 280 g/mol. The van der Waals surface area contributed by atoms with Crippen molar-refractivity contribution in [1.29, 1.82) is 0 Å². The van der Waals surface area contributed by atoms with Crippen LogP contribution < -0.4 is 5.32 Å². The lowest BCUT2D eigenvalue weighted by Gasteiger charge is -2.45. The number of hydrogen-bond donors (Lipinski definition) is 1. The molecule has 2 heteroatoms. The van der Waals surface area contributed by atoms with Gasteiger partial charge >= 0.3 is 0 Å². The summed E-state index contributed by atoms with van der Waals surface area (Å²) in [5.41, 5.74) is 0.561. The van der Waals surface area contributed by atoms with Crippen molar-refractivity contribution in [3.05, 3.63) is 0 Å². The molecule has 0 spiro atoms. The molecule has 0 atom stereocenters. The Morgan fingerprint density at radius 1 is 1.10 bits per heavy atom. The van der Waals surface area contributed by atoms with E-state index in [1.165, 1.54) is 64.7 Å². The lowest BCUT2D eigenvalue weighted by molar-refractivity contribution is 0.0617. The van der Waals surface area contributed by atoms with Crippen molar-refractivity contribution in [1.82, 2.24) is 10.2 Å². The molecule has 118 valence electrons. The fraction of sp³-hybridized carbons (Fsp3) is 1.00. The predicted octanol–water partition coefficient (Wildman–Crippen LogP) is 3.77. The van der Waals surface area contributed by atoms with Gasteiger partial charge in [-0.3, -0.25) is 0 Å². The van der Waals surface area contributed by atoms with Gasteiger partial charge < -0.3 is 10.2 Å². The Hall–Kier alpha value is -0.0800. The maximum Gasteiger partial charge on any atom is 0.00501 e. The maximum atomic E-state index is 3.48. The van der Waals surface area contributed by atoms with E-state index in [1.807, 2.05) is 0 Å². The fourth-order valence-electron chi connectivity index (χ4n) is 4.39. The number of piperidine rings is 1. The molecule has 1 N–H and O–H groups in total. The largest absolute Gasteiger partial charge is 0.319 e. The van der Waals surface area contributed by atoms with E-state index in [1.54, 1.807) is 0 Å². The summed E-state index contributed by atoms with van der Waals surface area (Å²) in [6.07, 6.45) is 8.57. The van der Waals surface area contributed by atoms with Gasteiger partial charge in [0.25, 0.3) is 0 Å². The highest BCUT2D eigenvalue weighted by molar-refractivity contribution is 4.90. The Morgan fingerprint density at radius 3 is 2.20 bits per heavy atom. The van der Waals surface area contributed by atoms with E-state index in [4.69, 9.17) is 0 Å². The van der Waals surface area contributed by atoms with Crippen LogP contribution in [-0.4, -0.2) is 38.1 Å². The lowest BCUT2D eigenvalue weighted by Crippen LogP contribution is -2.48. The van der Waals surface area contributed by atoms with Crippen LogP contribution in [0.15, 0.2) is 0 Å². The minimum Gasteiger partial charge on any atom is -0.319 e. The summed E-state index contributed by atoms with van der Waals surface area (Å²) >= 11 is 0. The molecule has 2 fully saturated rings. The number of nitrogens with zero attached hydrogens (tertiary/aromatic N) is 1. The third-order valence-electron chi connectivity index (χ3n) is 6.02. The standard InChI is InChI=1S/C18H36N2/c1-15(2)17-7-11-20(12-8-17)14-18(13-19-4)9-5-16(3)6-10-18/h15-17,19H,5-14H2,1-4H3. The number of likely N-dealkylation sites (tertiary alicyclic amines) is 1. The molecule has 1 saturated heterocycles. The second-order valence-corrected chi connectivity index (χ2v) is 8.07. The van der Waals surface area contributed by atoms with Crippen molar-refractivity contribution in [2.75, 3.05) is 33.2 Å². The van der Waals surface area contributed by atoms with Gasteiger partial charge in [0.1, 0.15) is 0 Å². The van der Waals surface area contributed by atoms with Crippen molar-refractivity contribution < 1.29 is 0 Å².